The van der Waals surface area contributed by atoms with E-state index in [2.05, 4.69) is 35.8 Å². The van der Waals surface area contributed by atoms with E-state index < -0.39 is 0 Å². The van der Waals surface area contributed by atoms with E-state index in [9.17, 15) is 0 Å². The minimum Gasteiger partial charge on any atom is -0.497 e. The Balaban J connectivity index is 2.08. The summed E-state index contributed by atoms with van der Waals surface area (Å²) < 4.78 is 7.69. The monoisotopic (exact) mass is 344 g/mol. The minimum absolute atomic E-state index is 0.484. The third-order valence-corrected chi connectivity index (χ3v) is 4.64. The molecule has 0 fully saturated rings. The van der Waals surface area contributed by atoms with E-state index in [1.54, 1.807) is 7.11 Å². The first-order valence-corrected chi connectivity index (χ1v) is 8.23. The molecule has 0 spiro atoms. The van der Waals surface area contributed by atoms with E-state index in [0.717, 1.165) is 23.7 Å². The number of nitrogens with zero attached hydrogens (tertiary/aromatic N) is 1. The maximum atomic E-state index is 5.99. The third kappa shape index (κ3) is 3.26. The van der Waals surface area contributed by atoms with Crippen LogP contribution in [0.25, 0.3) is 10.9 Å². The Bertz CT molecular complexity index is 841. The van der Waals surface area contributed by atoms with Gasteiger partial charge >= 0.3 is 0 Å². The molecule has 0 radical (unpaired) electrons. The van der Waals surface area contributed by atoms with Gasteiger partial charge in [0.1, 0.15) is 5.75 Å². The van der Waals surface area contributed by atoms with Crippen LogP contribution >= 0.6 is 11.6 Å². The zero-order valence-electron chi connectivity index (χ0n) is 13.9. The van der Waals surface area contributed by atoms with Gasteiger partial charge in [-0.1, -0.05) is 23.7 Å². The summed E-state index contributed by atoms with van der Waals surface area (Å²) in [5.74, 6) is 6.08. The first kappa shape index (κ1) is 16.8. The fraction of sp³-hybridized carbons (Fsp3) is 0.263. The molecule has 0 aliphatic rings. The van der Waals surface area contributed by atoms with Crippen molar-refractivity contribution in [3.63, 3.8) is 0 Å². The smallest absolute Gasteiger partial charge is 0.119 e. The maximum absolute atomic E-state index is 5.99. The first-order valence-electron chi connectivity index (χ1n) is 7.86. The molecule has 0 atom stereocenters. The van der Waals surface area contributed by atoms with Gasteiger partial charge in [0.2, 0.25) is 0 Å². The largest absolute Gasteiger partial charge is 0.497 e. The van der Waals surface area contributed by atoms with Crippen molar-refractivity contribution in [1.82, 2.24) is 4.57 Å². The van der Waals surface area contributed by atoms with Gasteiger partial charge in [-0.05, 0) is 48.4 Å². The van der Waals surface area contributed by atoms with Crippen molar-refractivity contribution in [2.24, 2.45) is 5.90 Å². The lowest BCUT2D eigenvalue weighted by Crippen LogP contribution is -2.06. The van der Waals surface area contributed by atoms with Gasteiger partial charge in [-0.25, -0.2) is 5.90 Å². The molecule has 0 bridgehead atoms. The second-order valence-electron chi connectivity index (χ2n) is 5.78. The fourth-order valence-electron chi connectivity index (χ4n) is 3.11. The van der Waals surface area contributed by atoms with E-state index in [1.807, 2.05) is 18.2 Å². The Morgan fingerprint density at radius 1 is 1.12 bits per heavy atom. The van der Waals surface area contributed by atoms with Gasteiger partial charge in [0.25, 0.3) is 0 Å². The predicted octanol–water partition coefficient (Wildman–Crippen LogP) is 4.09. The van der Waals surface area contributed by atoms with Crippen molar-refractivity contribution in [1.29, 1.82) is 0 Å². The summed E-state index contributed by atoms with van der Waals surface area (Å²) in [5.41, 5.74) is 4.83. The van der Waals surface area contributed by atoms with Crippen LogP contribution in [0.15, 0.2) is 42.5 Å². The first-order chi connectivity index (χ1) is 11.6. The highest BCUT2D eigenvalue weighted by atomic mass is 35.5. The quantitative estimate of drug-likeness (QED) is 0.685. The molecule has 2 aromatic carbocycles. The Hall–Kier alpha value is -2.01. The normalized spacial score (nSPS) is 11.2. The predicted molar refractivity (Wildman–Crippen MR) is 97.6 cm³/mol. The van der Waals surface area contributed by atoms with Crippen LogP contribution in [0.1, 0.15) is 16.8 Å². The van der Waals surface area contributed by atoms with Gasteiger partial charge in [0.15, 0.2) is 0 Å². The molecule has 0 aliphatic carbocycles. The maximum Gasteiger partial charge on any atom is 0.119 e. The molecule has 3 rings (SSSR count). The molecule has 0 saturated carbocycles. The Morgan fingerprint density at radius 3 is 2.54 bits per heavy atom. The zero-order chi connectivity index (χ0) is 17.1. The summed E-state index contributed by atoms with van der Waals surface area (Å²) in [6.45, 7) is 3.40. The van der Waals surface area contributed by atoms with Gasteiger partial charge < -0.3 is 14.1 Å². The molecular formula is C19H21ClN2O2. The highest BCUT2D eigenvalue weighted by Gasteiger charge is 2.15. The summed E-state index contributed by atoms with van der Waals surface area (Å²) >= 11 is 5.99. The number of halogens is 1. The SMILES string of the molecule is COc1ccc2c(c1)c(CCON)c(C)n2Cc1ccc(Cl)cc1. The van der Waals surface area contributed by atoms with Crippen molar-refractivity contribution in [3.05, 3.63) is 64.3 Å². The molecule has 0 amide bonds. The molecule has 3 aromatic rings. The van der Waals surface area contributed by atoms with E-state index in [1.165, 1.54) is 27.7 Å². The van der Waals surface area contributed by atoms with Crippen molar-refractivity contribution in [2.45, 2.75) is 19.9 Å². The van der Waals surface area contributed by atoms with Crippen LogP contribution in [0.5, 0.6) is 5.75 Å². The lowest BCUT2D eigenvalue weighted by Gasteiger charge is -2.09. The number of aromatic nitrogens is 1. The number of fused-ring (bicyclic) bond motifs is 1. The lowest BCUT2D eigenvalue weighted by molar-refractivity contribution is 0.141. The van der Waals surface area contributed by atoms with Crippen LogP contribution in [0.3, 0.4) is 0 Å². The Morgan fingerprint density at radius 2 is 1.88 bits per heavy atom. The summed E-state index contributed by atoms with van der Waals surface area (Å²) in [7, 11) is 1.68. The molecule has 24 heavy (non-hydrogen) atoms. The summed E-state index contributed by atoms with van der Waals surface area (Å²) in [6, 6.07) is 14.1. The van der Waals surface area contributed by atoms with Crippen LogP contribution < -0.4 is 10.6 Å². The zero-order valence-corrected chi connectivity index (χ0v) is 14.6. The highest BCUT2D eigenvalue weighted by molar-refractivity contribution is 6.30. The number of hydrogen-bond acceptors (Lipinski definition) is 3. The number of ether oxygens (including phenoxy) is 1. The molecular weight excluding hydrogens is 324 g/mol. The molecule has 126 valence electrons. The standard InChI is InChI=1S/C19H21ClN2O2/c1-13-17(9-10-24-21)18-11-16(23-2)7-8-19(18)22(13)12-14-3-5-15(20)6-4-14/h3-8,11H,9-10,12,21H2,1-2H3. The van der Waals surface area contributed by atoms with Crippen molar-refractivity contribution in [2.75, 3.05) is 13.7 Å². The molecule has 0 aliphatic heterocycles. The molecule has 5 heteroatoms. The Labute approximate surface area is 146 Å². The second-order valence-corrected chi connectivity index (χ2v) is 6.22. The van der Waals surface area contributed by atoms with Gasteiger partial charge in [-0.2, -0.15) is 0 Å². The molecule has 2 N–H and O–H groups in total. The van der Waals surface area contributed by atoms with E-state index in [0.29, 0.717) is 6.61 Å². The van der Waals surface area contributed by atoms with Crippen LogP contribution in [0.4, 0.5) is 0 Å². The van der Waals surface area contributed by atoms with Crippen molar-refractivity contribution >= 4 is 22.5 Å². The Kier molecular flexibility index (Phi) is 5.09. The summed E-state index contributed by atoms with van der Waals surface area (Å²) in [6.07, 6.45) is 0.764. The van der Waals surface area contributed by atoms with Gasteiger partial charge in [0, 0.05) is 34.6 Å². The van der Waals surface area contributed by atoms with E-state index >= 15 is 0 Å². The molecule has 1 aromatic heterocycles. The highest BCUT2D eigenvalue weighted by Crippen LogP contribution is 2.30. The number of benzene rings is 2. The van der Waals surface area contributed by atoms with Gasteiger partial charge in [-0.15, -0.1) is 0 Å². The third-order valence-electron chi connectivity index (χ3n) is 4.39. The number of nitrogens with two attached hydrogens (primary N) is 1. The van der Waals surface area contributed by atoms with Crippen LogP contribution in [0, 0.1) is 6.92 Å². The van der Waals surface area contributed by atoms with Crippen LogP contribution in [0.2, 0.25) is 5.02 Å². The number of methoxy groups -OCH3 is 1. The molecule has 4 nitrogen and oxygen atoms in total. The molecule has 0 saturated heterocycles. The fourth-order valence-corrected chi connectivity index (χ4v) is 3.24. The lowest BCUT2D eigenvalue weighted by atomic mass is 10.1. The van der Waals surface area contributed by atoms with Crippen LogP contribution in [-0.4, -0.2) is 18.3 Å². The number of rotatable bonds is 6. The van der Waals surface area contributed by atoms with Gasteiger partial charge in [0.05, 0.1) is 13.7 Å². The van der Waals surface area contributed by atoms with E-state index in [-0.39, 0.29) is 0 Å². The summed E-state index contributed by atoms with van der Waals surface area (Å²) in [4.78, 5) is 4.79. The van der Waals surface area contributed by atoms with Gasteiger partial charge in [-0.3, -0.25) is 0 Å². The molecule has 0 unspecified atom stereocenters. The van der Waals surface area contributed by atoms with Crippen molar-refractivity contribution in [3.8, 4) is 5.75 Å². The average molecular weight is 345 g/mol. The van der Waals surface area contributed by atoms with Crippen molar-refractivity contribution < 1.29 is 9.57 Å². The topological polar surface area (TPSA) is 49.4 Å². The second kappa shape index (κ2) is 7.26. The van der Waals surface area contributed by atoms with Crippen LogP contribution in [-0.2, 0) is 17.8 Å². The average Bonchev–Trinajstić information content (AvgIpc) is 2.86. The van der Waals surface area contributed by atoms with E-state index in [4.69, 9.17) is 27.1 Å². The summed E-state index contributed by atoms with van der Waals surface area (Å²) in [5, 5.41) is 1.93. The number of hydrogen-bond donors (Lipinski definition) is 1. The molecule has 1 heterocycles. The minimum atomic E-state index is 0.484.